The minimum atomic E-state index is -0.418. The quantitative estimate of drug-likeness (QED) is 0.656. The molecule has 5 rings (SSSR count). The fraction of sp³-hybridized carbons (Fsp3) is 0.292. The summed E-state index contributed by atoms with van der Waals surface area (Å²) in [4.78, 5) is 18.0. The van der Waals surface area contributed by atoms with Crippen LogP contribution in [-0.2, 0) is 4.79 Å². The van der Waals surface area contributed by atoms with E-state index in [4.69, 9.17) is 10.1 Å². The van der Waals surface area contributed by atoms with Gasteiger partial charge in [-0.15, -0.1) is 5.10 Å². The minimum absolute atomic E-state index is 0.111. The number of aromatic nitrogens is 3. The highest BCUT2D eigenvalue weighted by molar-refractivity contribution is 6.00. The highest BCUT2D eigenvalue weighted by Gasteiger charge is 2.41. The molecule has 1 aliphatic carbocycles. The number of Topliss-reactive ketones (excluding diaryl/α,β-unsaturated/α-hetero) is 1. The number of benzene rings is 2. The molecule has 2 heterocycles. The number of aryl methyl sites for hydroxylation is 1. The number of allylic oxidation sites excluding steroid dienone is 2. The normalized spacial score (nSPS) is 19.8. The summed E-state index contributed by atoms with van der Waals surface area (Å²) in [6.45, 7) is 6.26. The number of carbonyl (C=O) groups is 1. The number of fused-ring (bicyclic) bond motifs is 1. The monoisotopic (exact) mass is 400 g/mol. The van der Waals surface area contributed by atoms with Crippen LogP contribution in [0.4, 0.5) is 5.95 Å². The summed E-state index contributed by atoms with van der Waals surface area (Å²) in [5.41, 5.74) is 4.41. The van der Waals surface area contributed by atoms with Crippen LogP contribution in [0.2, 0.25) is 0 Å². The van der Waals surface area contributed by atoms with Crippen molar-refractivity contribution >= 4 is 11.7 Å². The highest BCUT2D eigenvalue weighted by atomic mass is 16.3. The van der Waals surface area contributed by atoms with Crippen LogP contribution < -0.4 is 5.32 Å². The van der Waals surface area contributed by atoms with Crippen molar-refractivity contribution in [1.82, 2.24) is 14.8 Å². The Morgan fingerprint density at radius 2 is 1.90 bits per heavy atom. The summed E-state index contributed by atoms with van der Waals surface area (Å²) in [6.07, 6.45) is 1.24. The molecule has 0 spiro atoms. The molecule has 152 valence electrons. The molecule has 1 aliphatic heterocycles. The molecule has 6 nitrogen and oxygen atoms in total. The van der Waals surface area contributed by atoms with E-state index < -0.39 is 6.04 Å². The molecule has 6 heteroatoms. The van der Waals surface area contributed by atoms with E-state index in [2.05, 4.69) is 19.2 Å². The summed E-state index contributed by atoms with van der Waals surface area (Å²) in [6, 6.07) is 14.7. The van der Waals surface area contributed by atoms with Crippen molar-refractivity contribution in [2.75, 3.05) is 5.32 Å². The molecule has 30 heavy (non-hydrogen) atoms. The second-order valence-electron chi connectivity index (χ2n) is 9.03. The van der Waals surface area contributed by atoms with Crippen molar-refractivity contribution in [2.45, 2.75) is 39.7 Å². The molecular formula is C24H24N4O2. The number of phenols is 1. The molecule has 3 aromatic rings. The van der Waals surface area contributed by atoms with E-state index in [0.29, 0.717) is 23.8 Å². The lowest BCUT2D eigenvalue weighted by atomic mass is 9.73. The molecule has 0 fully saturated rings. The topological polar surface area (TPSA) is 80.0 Å². The van der Waals surface area contributed by atoms with E-state index in [1.807, 2.05) is 37.3 Å². The Hall–Kier alpha value is -3.41. The zero-order valence-corrected chi connectivity index (χ0v) is 17.3. The van der Waals surface area contributed by atoms with E-state index in [0.717, 1.165) is 23.2 Å². The third-order valence-corrected chi connectivity index (χ3v) is 5.83. The van der Waals surface area contributed by atoms with Gasteiger partial charge in [0.2, 0.25) is 5.95 Å². The molecule has 0 saturated carbocycles. The Labute approximate surface area is 175 Å². The number of anilines is 1. The van der Waals surface area contributed by atoms with E-state index in [1.165, 1.54) is 5.56 Å². The molecule has 0 bridgehead atoms. The van der Waals surface area contributed by atoms with Gasteiger partial charge in [-0.2, -0.15) is 4.98 Å². The van der Waals surface area contributed by atoms with Crippen LogP contribution >= 0.6 is 0 Å². The van der Waals surface area contributed by atoms with E-state index in [-0.39, 0.29) is 16.9 Å². The molecule has 1 atom stereocenters. The second kappa shape index (κ2) is 6.55. The smallest absolute Gasteiger partial charge is 0.226 e. The third-order valence-electron chi connectivity index (χ3n) is 5.83. The lowest BCUT2D eigenvalue weighted by Crippen LogP contribution is -2.36. The fourth-order valence-corrected chi connectivity index (χ4v) is 4.44. The summed E-state index contributed by atoms with van der Waals surface area (Å²) in [5.74, 6) is 1.50. The van der Waals surface area contributed by atoms with Crippen LogP contribution in [0.5, 0.6) is 5.75 Å². The van der Waals surface area contributed by atoms with Gasteiger partial charge in [0, 0.05) is 23.3 Å². The molecule has 0 saturated heterocycles. The van der Waals surface area contributed by atoms with Gasteiger partial charge in [0.15, 0.2) is 11.6 Å². The number of nitrogens with one attached hydrogen (secondary N) is 1. The van der Waals surface area contributed by atoms with Crippen LogP contribution in [0.15, 0.2) is 59.8 Å². The second-order valence-corrected chi connectivity index (χ2v) is 9.03. The van der Waals surface area contributed by atoms with Gasteiger partial charge >= 0.3 is 0 Å². The molecule has 2 N–H and O–H groups in total. The van der Waals surface area contributed by atoms with Crippen LogP contribution in [0.25, 0.3) is 11.4 Å². The van der Waals surface area contributed by atoms with Gasteiger partial charge in [0.1, 0.15) is 11.8 Å². The Morgan fingerprint density at radius 1 is 1.13 bits per heavy atom. The van der Waals surface area contributed by atoms with Crippen molar-refractivity contribution in [3.63, 3.8) is 0 Å². The van der Waals surface area contributed by atoms with Crippen molar-refractivity contribution in [3.8, 4) is 17.1 Å². The predicted molar refractivity (Wildman–Crippen MR) is 115 cm³/mol. The molecule has 2 aromatic carbocycles. The molecule has 1 aromatic heterocycles. The Kier molecular flexibility index (Phi) is 4.07. The average Bonchev–Trinajstić information content (AvgIpc) is 3.09. The first kappa shape index (κ1) is 18.6. The number of hydrogen-bond donors (Lipinski definition) is 2. The van der Waals surface area contributed by atoms with Gasteiger partial charge in [-0.25, -0.2) is 4.68 Å². The molecule has 0 amide bonds. The van der Waals surface area contributed by atoms with Crippen molar-refractivity contribution < 1.29 is 9.90 Å². The van der Waals surface area contributed by atoms with Crippen LogP contribution in [0.1, 0.15) is 43.9 Å². The number of phenolic OH excluding ortho intramolecular Hbond substituents is 1. The first-order valence-electron chi connectivity index (χ1n) is 10.2. The van der Waals surface area contributed by atoms with Gasteiger partial charge in [0.05, 0.1) is 0 Å². The number of ketones is 1. The Balaban J connectivity index is 1.68. The first-order valence-corrected chi connectivity index (χ1v) is 10.2. The van der Waals surface area contributed by atoms with Gasteiger partial charge in [0.25, 0.3) is 0 Å². The number of aromatic hydroxyl groups is 1. The van der Waals surface area contributed by atoms with Gasteiger partial charge in [-0.05, 0) is 36.5 Å². The van der Waals surface area contributed by atoms with Crippen LogP contribution in [-0.4, -0.2) is 25.7 Å². The van der Waals surface area contributed by atoms with Gasteiger partial charge in [-0.3, -0.25) is 4.79 Å². The molecule has 0 unspecified atom stereocenters. The van der Waals surface area contributed by atoms with Crippen LogP contribution in [0, 0.1) is 12.3 Å². The molecule has 2 aliphatic rings. The lowest BCUT2D eigenvalue weighted by molar-refractivity contribution is -0.118. The zero-order valence-electron chi connectivity index (χ0n) is 17.3. The van der Waals surface area contributed by atoms with E-state index in [9.17, 15) is 9.90 Å². The van der Waals surface area contributed by atoms with Crippen molar-refractivity contribution in [1.29, 1.82) is 0 Å². The van der Waals surface area contributed by atoms with E-state index >= 15 is 0 Å². The molecule has 0 radical (unpaired) electrons. The minimum Gasteiger partial charge on any atom is -0.508 e. The van der Waals surface area contributed by atoms with Crippen LogP contribution in [0.3, 0.4) is 0 Å². The predicted octanol–water partition coefficient (Wildman–Crippen LogP) is 4.62. The van der Waals surface area contributed by atoms with Crippen molar-refractivity contribution in [3.05, 3.63) is 70.9 Å². The first-order chi connectivity index (χ1) is 14.3. The number of rotatable bonds is 2. The van der Waals surface area contributed by atoms with Crippen molar-refractivity contribution in [2.24, 2.45) is 5.41 Å². The maximum absolute atomic E-state index is 13.2. The highest BCUT2D eigenvalue weighted by Crippen LogP contribution is 2.46. The largest absolute Gasteiger partial charge is 0.508 e. The Morgan fingerprint density at radius 3 is 2.63 bits per heavy atom. The third kappa shape index (κ3) is 3.09. The van der Waals surface area contributed by atoms with Gasteiger partial charge < -0.3 is 10.4 Å². The fourth-order valence-electron chi connectivity index (χ4n) is 4.44. The summed E-state index contributed by atoms with van der Waals surface area (Å²) >= 11 is 0. The average molecular weight is 400 g/mol. The van der Waals surface area contributed by atoms with Gasteiger partial charge in [-0.1, -0.05) is 55.8 Å². The molecular weight excluding hydrogens is 376 g/mol. The number of carbonyl (C=O) groups excluding carboxylic acids is 1. The lowest BCUT2D eigenvalue weighted by Gasteiger charge is -2.38. The standard InChI is InChI=1S/C24H24N4O2/c1-14-7-9-15(10-8-14)22-26-23-25-18-12-24(2,3)13-19(30)20(18)21(28(23)27-22)16-5-4-6-17(29)11-16/h4-11,21,29H,12-13H2,1-3H3,(H,25,26,27)/t21-/m1/s1. The van der Waals surface area contributed by atoms with E-state index in [1.54, 1.807) is 22.9 Å². The number of nitrogens with zero attached hydrogens (tertiary/aromatic N) is 3. The summed E-state index contributed by atoms with van der Waals surface area (Å²) in [7, 11) is 0. The maximum Gasteiger partial charge on any atom is 0.226 e. The summed E-state index contributed by atoms with van der Waals surface area (Å²) in [5, 5.41) is 18.2. The maximum atomic E-state index is 13.2. The SMILES string of the molecule is Cc1ccc(-c2nc3n(n2)[C@H](c2cccc(O)c2)C2=C(CC(C)(C)CC2=O)N3)cc1. The summed E-state index contributed by atoms with van der Waals surface area (Å²) < 4.78 is 1.78. The zero-order chi connectivity index (χ0) is 21.0. The number of hydrogen-bond acceptors (Lipinski definition) is 5. The Bertz CT molecular complexity index is 1190.